The van der Waals surface area contributed by atoms with E-state index in [2.05, 4.69) is 13.8 Å². The van der Waals surface area contributed by atoms with Gasteiger partial charge >= 0.3 is 0 Å². The average molecular weight is 238 g/mol. The molecule has 1 nitrogen and oxygen atoms in total. The van der Waals surface area contributed by atoms with Crippen molar-refractivity contribution in [3.05, 3.63) is 0 Å². The maximum atomic E-state index is 5.99. The summed E-state index contributed by atoms with van der Waals surface area (Å²) in [6.07, 6.45) is 11.3. The van der Waals surface area contributed by atoms with Crippen molar-refractivity contribution in [3.63, 3.8) is 0 Å². The first-order chi connectivity index (χ1) is 8.31. The van der Waals surface area contributed by atoms with E-state index in [9.17, 15) is 0 Å². The highest BCUT2D eigenvalue weighted by atomic mass is 16.5. The topological polar surface area (TPSA) is 9.23 Å². The number of ether oxygens (including phenoxy) is 1. The van der Waals surface area contributed by atoms with Gasteiger partial charge in [-0.1, -0.05) is 39.5 Å². The summed E-state index contributed by atoms with van der Waals surface area (Å²) in [6.45, 7) is 6.75. The van der Waals surface area contributed by atoms with Crippen LogP contribution in [0.3, 0.4) is 0 Å². The summed E-state index contributed by atoms with van der Waals surface area (Å²) in [7, 11) is 0. The van der Waals surface area contributed by atoms with Crippen LogP contribution in [0.25, 0.3) is 0 Å². The summed E-state index contributed by atoms with van der Waals surface area (Å²) in [4.78, 5) is 0. The molecule has 4 unspecified atom stereocenters. The third-order valence-electron chi connectivity index (χ3n) is 5.16. The molecule has 4 atom stereocenters. The largest absolute Gasteiger partial charge is 0.381 e. The molecule has 2 saturated carbocycles. The van der Waals surface area contributed by atoms with Crippen molar-refractivity contribution in [2.24, 2.45) is 23.7 Å². The van der Waals surface area contributed by atoms with Gasteiger partial charge in [-0.25, -0.2) is 0 Å². The second kappa shape index (κ2) is 6.78. The monoisotopic (exact) mass is 238 g/mol. The molecular formula is C16H30O. The Bertz CT molecular complexity index is 192. The Morgan fingerprint density at radius 1 is 0.706 bits per heavy atom. The van der Waals surface area contributed by atoms with Gasteiger partial charge in [0.1, 0.15) is 0 Å². The minimum atomic E-state index is 0.878. The lowest BCUT2D eigenvalue weighted by Crippen LogP contribution is -2.12. The molecule has 0 amide bonds. The quantitative estimate of drug-likeness (QED) is 0.654. The van der Waals surface area contributed by atoms with Crippen molar-refractivity contribution in [1.29, 1.82) is 0 Å². The molecule has 0 N–H and O–H groups in total. The smallest absolute Gasteiger partial charge is 0.0494 e. The lowest BCUT2D eigenvalue weighted by molar-refractivity contribution is 0.0720. The van der Waals surface area contributed by atoms with Crippen LogP contribution in [-0.4, -0.2) is 13.2 Å². The molecule has 2 rings (SSSR count). The van der Waals surface area contributed by atoms with Gasteiger partial charge in [-0.3, -0.25) is 0 Å². The lowest BCUT2D eigenvalue weighted by atomic mass is 10.0. The molecule has 17 heavy (non-hydrogen) atoms. The Hall–Kier alpha value is -0.0400. The molecule has 2 aliphatic carbocycles. The van der Waals surface area contributed by atoms with Gasteiger partial charge in [-0.15, -0.1) is 0 Å². The van der Waals surface area contributed by atoms with E-state index in [0.717, 1.165) is 36.9 Å². The van der Waals surface area contributed by atoms with Crippen LogP contribution in [0, 0.1) is 23.7 Å². The number of rotatable bonds is 6. The third-order valence-corrected chi connectivity index (χ3v) is 5.16. The summed E-state index contributed by atoms with van der Waals surface area (Å²) >= 11 is 0. The van der Waals surface area contributed by atoms with Gasteiger partial charge < -0.3 is 4.74 Å². The Labute approximate surface area is 107 Å². The van der Waals surface area contributed by atoms with Crippen molar-refractivity contribution < 1.29 is 4.74 Å². The Balaban J connectivity index is 1.55. The van der Waals surface area contributed by atoms with Crippen LogP contribution < -0.4 is 0 Å². The molecule has 0 aromatic heterocycles. The van der Waals surface area contributed by atoms with E-state index in [0.29, 0.717) is 0 Å². The first-order valence-electron chi connectivity index (χ1n) is 7.89. The molecule has 2 fully saturated rings. The minimum absolute atomic E-state index is 0.878. The molecule has 0 aromatic rings. The van der Waals surface area contributed by atoms with Crippen LogP contribution in [0.5, 0.6) is 0 Å². The molecule has 1 heteroatoms. The summed E-state index contributed by atoms with van der Waals surface area (Å²) in [5.74, 6) is 3.76. The van der Waals surface area contributed by atoms with Gasteiger partial charge in [0.15, 0.2) is 0 Å². The van der Waals surface area contributed by atoms with Gasteiger partial charge in [0.05, 0.1) is 0 Å². The summed E-state index contributed by atoms with van der Waals surface area (Å²) < 4.78 is 5.99. The van der Waals surface area contributed by atoms with E-state index in [1.807, 2.05) is 0 Å². The van der Waals surface area contributed by atoms with Crippen LogP contribution in [0.2, 0.25) is 0 Å². The van der Waals surface area contributed by atoms with E-state index in [4.69, 9.17) is 4.74 Å². The molecule has 2 aliphatic rings. The van der Waals surface area contributed by atoms with Crippen LogP contribution in [-0.2, 0) is 4.74 Å². The molecular weight excluding hydrogens is 208 g/mol. The fraction of sp³-hybridized carbons (Fsp3) is 1.00. The highest BCUT2D eigenvalue weighted by Crippen LogP contribution is 2.35. The van der Waals surface area contributed by atoms with Gasteiger partial charge in [0.2, 0.25) is 0 Å². The fourth-order valence-electron chi connectivity index (χ4n) is 3.80. The van der Waals surface area contributed by atoms with Crippen molar-refractivity contribution in [1.82, 2.24) is 0 Å². The molecule has 100 valence electrons. The van der Waals surface area contributed by atoms with Gasteiger partial charge in [0, 0.05) is 13.2 Å². The van der Waals surface area contributed by atoms with Gasteiger partial charge in [0.25, 0.3) is 0 Å². The first-order valence-corrected chi connectivity index (χ1v) is 7.89. The van der Waals surface area contributed by atoms with Crippen LogP contribution in [0.15, 0.2) is 0 Å². The van der Waals surface area contributed by atoms with E-state index in [1.165, 1.54) is 51.4 Å². The van der Waals surface area contributed by atoms with Gasteiger partial charge in [-0.05, 0) is 49.4 Å². The van der Waals surface area contributed by atoms with E-state index in [1.54, 1.807) is 0 Å². The third kappa shape index (κ3) is 3.98. The second-order valence-electron chi connectivity index (χ2n) is 6.44. The predicted molar refractivity (Wildman–Crippen MR) is 73.1 cm³/mol. The van der Waals surface area contributed by atoms with Crippen molar-refractivity contribution in [2.45, 2.75) is 65.2 Å². The second-order valence-corrected chi connectivity index (χ2v) is 6.44. The van der Waals surface area contributed by atoms with Crippen LogP contribution in [0.1, 0.15) is 65.2 Å². The Morgan fingerprint density at radius 2 is 1.12 bits per heavy atom. The Kier molecular flexibility index (Phi) is 5.34. The molecule has 0 heterocycles. The molecule has 0 saturated heterocycles. The molecule has 0 radical (unpaired) electrons. The Morgan fingerprint density at radius 3 is 1.47 bits per heavy atom. The highest BCUT2D eigenvalue weighted by Gasteiger charge is 2.25. The zero-order chi connectivity index (χ0) is 12.1. The molecule has 0 spiro atoms. The summed E-state index contributed by atoms with van der Waals surface area (Å²) in [5.41, 5.74) is 0. The fourth-order valence-corrected chi connectivity index (χ4v) is 3.80. The van der Waals surface area contributed by atoms with Crippen LogP contribution in [0.4, 0.5) is 0 Å². The highest BCUT2D eigenvalue weighted by molar-refractivity contribution is 4.76. The number of hydrogen-bond donors (Lipinski definition) is 0. The maximum Gasteiger partial charge on any atom is 0.0494 e. The van der Waals surface area contributed by atoms with Crippen LogP contribution >= 0.6 is 0 Å². The number of hydrogen-bond acceptors (Lipinski definition) is 1. The van der Waals surface area contributed by atoms with E-state index >= 15 is 0 Å². The standard InChI is InChI=1S/C16H30O/c1-3-13-5-7-15(9-13)11-17-12-16-8-6-14(4-2)10-16/h13-16H,3-12H2,1-2H3. The predicted octanol–water partition coefficient (Wildman–Crippen LogP) is 4.66. The zero-order valence-electron chi connectivity index (χ0n) is 11.8. The molecule has 0 aromatic carbocycles. The van der Waals surface area contributed by atoms with E-state index in [-0.39, 0.29) is 0 Å². The van der Waals surface area contributed by atoms with Crippen molar-refractivity contribution in [3.8, 4) is 0 Å². The van der Waals surface area contributed by atoms with Crippen molar-refractivity contribution >= 4 is 0 Å². The normalized spacial score (nSPS) is 37.8. The first kappa shape index (κ1) is 13.4. The minimum Gasteiger partial charge on any atom is -0.381 e. The molecule has 0 bridgehead atoms. The lowest BCUT2D eigenvalue weighted by Gasteiger charge is -2.14. The SMILES string of the molecule is CCC1CCC(COCC2CCC(CC)C2)C1. The summed E-state index contributed by atoms with van der Waals surface area (Å²) in [6, 6.07) is 0. The maximum absolute atomic E-state index is 5.99. The molecule has 0 aliphatic heterocycles. The van der Waals surface area contributed by atoms with Gasteiger partial charge in [-0.2, -0.15) is 0 Å². The van der Waals surface area contributed by atoms with E-state index < -0.39 is 0 Å². The summed E-state index contributed by atoms with van der Waals surface area (Å²) in [5, 5.41) is 0. The average Bonchev–Trinajstić information content (AvgIpc) is 2.97. The van der Waals surface area contributed by atoms with Crippen molar-refractivity contribution in [2.75, 3.05) is 13.2 Å². The zero-order valence-corrected chi connectivity index (χ0v) is 11.8.